The number of rotatable bonds is 4. The molecule has 0 aromatic heterocycles. The summed E-state index contributed by atoms with van der Waals surface area (Å²) in [6, 6.07) is 8.22. The Hall–Kier alpha value is -0.830. The van der Waals surface area contributed by atoms with Crippen molar-refractivity contribution in [3.05, 3.63) is 30.3 Å². The molecule has 2 nitrogen and oxygen atoms in total. The third-order valence-corrected chi connectivity index (χ3v) is 4.45. The SMILES string of the molecule is [2H]C(CC)(CC)S(=O)(=O)c1ccccc1. The molecule has 0 atom stereocenters. The minimum Gasteiger partial charge on any atom is -0.223 e. The van der Waals surface area contributed by atoms with E-state index in [2.05, 4.69) is 0 Å². The van der Waals surface area contributed by atoms with Gasteiger partial charge in [-0.3, -0.25) is 0 Å². The molecule has 3 heteroatoms. The summed E-state index contributed by atoms with van der Waals surface area (Å²) in [5.41, 5.74) is 0. The predicted octanol–water partition coefficient (Wildman–Crippen LogP) is 2.65. The van der Waals surface area contributed by atoms with E-state index in [0.717, 1.165) is 0 Å². The summed E-state index contributed by atoms with van der Waals surface area (Å²) < 4.78 is 32.2. The largest absolute Gasteiger partial charge is 0.223 e. The van der Waals surface area contributed by atoms with Crippen molar-refractivity contribution in [2.75, 3.05) is 0 Å². The van der Waals surface area contributed by atoms with Crippen molar-refractivity contribution in [1.29, 1.82) is 0 Å². The molecule has 0 N–H and O–H groups in total. The Kier molecular flexibility index (Phi) is 3.19. The van der Waals surface area contributed by atoms with Gasteiger partial charge >= 0.3 is 0 Å². The topological polar surface area (TPSA) is 34.1 Å². The van der Waals surface area contributed by atoms with Gasteiger partial charge in [0.15, 0.2) is 9.84 Å². The number of hydrogen-bond donors (Lipinski definition) is 0. The van der Waals surface area contributed by atoms with Gasteiger partial charge in [0.1, 0.15) is 0 Å². The smallest absolute Gasteiger partial charge is 0.181 e. The Bertz CT molecular complexity index is 407. The van der Waals surface area contributed by atoms with Gasteiger partial charge in [0.2, 0.25) is 0 Å². The van der Waals surface area contributed by atoms with E-state index in [9.17, 15) is 8.42 Å². The molecule has 0 fully saturated rings. The van der Waals surface area contributed by atoms with Gasteiger partial charge in [-0.15, -0.1) is 0 Å². The molecule has 1 aromatic rings. The van der Waals surface area contributed by atoms with Crippen LogP contribution in [0, 0.1) is 0 Å². The average molecular weight is 213 g/mol. The number of sulfone groups is 1. The van der Waals surface area contributed by atoms with E-state index in [0.29, 0.717) is 12.8 Å². The lowest BCUT2D eigenvalue weighted by atomic mass is 10.3. The first kappa shape index (κ1) is 9.71. The number of benzene rings is 1. The van der Waals surface area contributed by atoms with Crippen molar-refractivity contribution in [1.82, 2.24) is 0 Å². The molecule has 0 saturated heterocycles. The second kappa shape index (κ2) is 4.60. The molecule has 0 aliphatic carbocycles. The van der Waals surface area contributed by atoms with Crippen molar-refractivity contribution in [3.63, 3.8) is 0 Å². The highest BCUT2D eigenvalue weighted by molar-refractivity contribution is 7.92. The maximum atomic E-state index is 12.1. The second-order valence-corrected chi connectivity index (χ2v) is 5.12. The molecule has 0 bridgehead atoms. The fourth-order valence-corrected chi connectivity index (χ4v) is 3.01. The summed E-state index contributed by atoms with van der Waals surface area (Å²) in [5, 5.41) is -1.39. The van der Waals surface area contributed by atoms with Gasteiger partial charge in [0.25, 0.3) is 0 Å². The maximum absolute atomic E-state index is 12.1. The molecule has 0 amide bonds. The Morgan fingerprint density at radius 3 is 2.14 bits per heavy atom. The molecule has 0 heterocycles. The van der Waals surface area contributed by atoms with Crippen LogP contribution < -0.4 is 0 Å². The van der Waals surface area contributed by atoms with E-state index in [1.54, 1.807) is 44.2 Å². The lowest BCUT2D eigenvalue weighted by molar-refractivity contribution is 0.571. The predicted molar refractivity (Wildman–Crippen MR) is 58.0 cm³/mol. The lowest BCUT2D eigenvalue weighted by Gasteiger charge is -2.13. The Morgan fingerprint density at radius 1 is 1.21 bits per heavy atom. The van der Waals surface area contributed by atoms with Gasteiger partial charge in [-0.05, 0) is 25.0 Å². The summed E-state index contributed by atoms with van der Waals surface area (Å²) in [7, 11) is -3.53. The van der Waals surface area contributed by atoms with Crippen molar-refractivity contribution in [3.8, 4) is 0 Å². The molecule has 0 spiro atoms. The quantitative estimate of drug-likeness (QED) is 0.770. The fourth-order valence-electron chi connectivity index (χ4n) is 1.40. The highest BCUT2D eigenvalue weighted by Gasteiger charge is 2.23. The maximum Gasteiger partial charge on any atom is 0.181 e. The fraction of sp³-hybridized carbons (Fsp3) is 0.455. The first-order valence-electron chi connectivity index (χ1n) is 5.27. The first-order valence-corrected chi connectivity index (χ1v) is 6.26. The molecule has 1 rings (SSSR count). The van der Waals surface area contributed by atoms with E-state index in [4.69, 9.17) is 1.37 Å². The zero-order valence-corrected chi connectivity index (χ0v) is 9.34. The zero-order chi connectivity index (χ0) is 11.5. The van der Waals surface area contributed by atoms with Crippen LogP contribution in [-0.2, 0) is 9.84 Å². The molecule has 14 heavy (non-hydrogen) atoms. The average Bonchev–Trinajstić information content (AvgIpc) is 2.29. The summed E-state index contributed by atoms with van der Waals surface area (Å²) in [6.07, 6.45) is 0.613. The van der Waals surface area contributed by atoms with Crippen LogP contribution in [0.1, 0.15) is 28.1 Å². The third kappa shape index (κ3) is 2.15. The van der Waals surface area contributed by atoms with Crippen LogP contribution in [0.15, 0.2) is 35.2 Å². The van der Waals surface area contributed by atoms with Crippen LogP contribution in [0.25, 0.3) is 0 Å². The van der Waals surface area contributed by atoms with Gasteiger partial charge in [0.05, 0.1) is 10.1 Å². The zero-order valence-electron chi connectivity index (χ0n) is 9.53. The lowest BCUT2D eigenvalue weighted by Crippen LogP contribution is -2.19. The van der Waals surface area contributed by atoms with Crippen molar-refractivity contribution >= 4 is 9.84 Å². The Labute approximate surface area is 87.3 Å². The van der Waals surface area contributed by atoms with E-state index >= 15 is 0 Å². The van der Waals surface area contributed by atoms with Gasteiger partial charge in [-0.25, -0.2) is 8.42 Å². The minimum atomic E-state index is -3.53. The minimum absolute atomic E-state index is 0.240. The van der Waals surface area contributed by atoms with Gasteiger partial charge in [-0.2, -0.15) is 0 Å². The van der Waals surface area contributed by atoms with E-state index in [-0.39, 0.29) is 4.90 Å². The van der Waals surface area contributed by atoms with E-state index in [1.807, 2.05) is 0 Å². The third-order valence-electron chi connectivity index (χ3n) is 2.22. The van der Waals surface area contributed by atoms with Gasteiger partial charge in [0, 0.05) is 1.37 Å². The normalized spacial score (nSPS) is 13.7. The molecular weight excluding hydrogens is 196 g/mol. The van der Waals surface area contributed by atoms with Crippen LogP contribution in [0.3, 0.4) is 0 Å². The summed E-state index contributed by atoms with van der Waals surface area (Å²) in [6.45, 7) is 3.47. The van der Waals surface area contributed by atoms with Crippen LogP contribution in [0.4, 0.5) is 0 Å². The Balaban J connectivity index is 3.25. The van der Waals surface area contributed by atoms with Crippen molar-refractivity contribution in [2.45, 2.75) is 36.8 Å². The highest BCUT2D eigenvalue weighted by atomic mass is 32.2. The molecule has 78 valence electrons. The Morgan fingerprint density at radius 2 is 1.71 bits per heavy atom. The molecule has 0 aliphatic heterocycles. The van der Waals surface area contributed by atoms with Crippen LogP contribution in [0.5, 0.6) is 0 Å². The molecule has 0 unspecified atom stereocenters. The standard InChI is InChI=1S/C11H16O2S/c1-3-10(4-2)14(12,13)11-8-6-5-7-9-11/h5-10H,3-4H2,1-2H3/i10D. The molecule has 0 saturated carbocycles. The second-order valence-electron chi connectivity index (χ2n) is 3.06. The van der Waals surface area contributed by atoms with Crippen LogP contribution in [0.2, 0.25) is 0 Å². The van der Waals surface area contributed by atoms with E-state index in [1.165, 1.54) is 0 Å². The highest BCUT2D eigenvalue weighted by Crippen LogP contribution is 2.19. The molecule has 1 aromatic carbocycles. The monoisotopic (exact) mass is 213 g/mol. The van der Waals surface area contributed by atoms with E-state index < -0.39 is 15.1 Å². The number of hydrogen-bond acceptors (Lipinski definition) is 2. The van der Waals surface area contributed by atoms with Gasteiger partial charge in [-0.1, -0.05) is 32.0 Å². The van der Waals surface area contributed by atoms with Crippen LogP contribution >= 0.6 is 0 Å². The van der Waals surface area contributed by atoms with Crippen molar-refractivity contribution in [2.24, 2.45) is 0 Å². The van der Waals surface area contributed by atoms with Gasteiger partial charge < -0.3 is 0 Å². The molecule has 0 aliphatic rings. The molecule has 0 radical (unpaired) electrons. The van der Waals surface area contributed by atoms with Crippen molar-refractivity contribution < 1.29 is 9.79 Å². The molecular formula is C11H16O2S. The first-order chi connectivity index (χ1) is 6.98. The summed E-state index contributed by atoms with van der Waals surface area (Å²) in [5.74, 6) is 0. The summed E-state index contributed by atoms with van der Waals surface area (Å²) in [4.78, 5) is 0.240. The van der Waals surface area contributed by atoms with Crippen LogP contribution in [-0.4, -0.2) is 13.6 Å². The summed E-state index contributed by atoms with van der Waals surface area (Å²) >= 11 is 0.